The Kier molecular flexibility index (Phi) is 3.87. The van der Waals surface area contributed by atoms with Crippen molar-refractivity contribution in [1.82, 2.24) is 14.6 Å². The molecule has 0 saturated heterocycles. The molecule has 0 fully saturated rings. The van der Waals surface area contributed by atoms with E-state index in [2.05, 4.69) is 17.0 Å². The van der Waals surface area contributed by atoms with Crippen LogP contribution in [0.3, 0.4) is 0 Å². The van der Waals surface area contributed by atoms with Crippen molar-refractivity contribution in [3.05, 3.63) is 51.9 Å². The zero-order chi connectivity index (χ0) is 15.0. The van der Waals surface area contributed by atoms with E-state index in [0.717, 1.165) is 35.2 Å². The summed E-state index contributed by atoms with van der Waals surface area (Å²) in [6, 6.07) is 9.96. The first-order valence-electron chi connectivity index (χ1n) is 6.91. The molecule has 0 atom stereocenters. The monoisotopic (exact) mass is 319 g/mol. The molecule has 21 heavy (non-hydrogen) atoms. The molecule has 0 aliphatic rings. The summed E-state index contributed by atoms with van der Waals surface area (Å²) in [5.74, 6) is 0. The maximum Gasteiger partial charge on any atom is 0.158 e. The van der Waals surface area contributed by atoms with Gasteiger partial charge in [0, 0.05) is 6.07 Å². The van der Waals surface area contributed by atoms with Crippen LogP contribution in [0.15, 0.2) is 30.3 Å². The number of halogens is 2. The van der Waals surface area contributed by atoms with E-state index in [9.17, 15) is 0 Å². The van der Waals surface area contributed by atoms with Crippen LogP contribution in [0.2, 0.25) is 10.3 Å². The third-order valence-corrected chi connectivity index (χ3v) is 3.99. The van der Waals surface area contributed by atoms with Crippen molar-refractivity contribution in [2.75, 3.05) is 0 Å². The lowest BCUT2D eigenvalue weighted by atomic mass is 10.1. The van der Waals surface area contributed by atoms with Gasteiger partial charge in [0.15, 0.2) is 5.65 Å². The van der Waals surface area contributed by atoms with Gasteiger partial charge in [-0.3, -0.25) is 0 Å². The summed E-state index contributed by atoms with van der Waals surface area (Å²) in [6.45, 7) is 4.15. The average Bonchev–Trinajstić information content (AvgIpc) is 2.82. The van der Waals surface area contributed by atoms with Gasteiger partial charge in [0.05, 0.1) is 11.3 Å². The molecular weight excluding hydrogens is 305 g/mol. The lowest BCUT2D eigenvalue weighted by Gasteiger charge is -2.09. The zero-order valence-corrected chi connectivity index (χ0v) is 13.4. The summed E-state index contributed by atoms with van der Waals surface area (Å²) < 4.78 is 1.66. The van der Waals surface area contributed by atoms with Gasteiger partial charge in [0.1, 0.15) is 10.3 Å². The third-order valence-electron chi connectivity index (χ3n) is 3.37. The first kappa shape index (κ1) is 14.4. The van der Waals surface area contributed by atoms with E-state index in [4.69, 9.17) is 23.2 Å². The summed E-state index contributed by atoms with van der Waals surface area (Å²) in [5, 5.41) is 5.42. The fraction of sp³-hybridized carbons (Fsp3) is 0.250. The second kappa shape index (κ2) is 5.66. The zero-order valence-electron chi connectivity index (χ0n) is 11.9. The van der Waals surface area contributed by atoms with Gasteiger partial charge in [-0.2, -0.15) is 5.10 Å². The summed E-state index contributed by atoms with van der Waals surface area (Å²) in [5.41, 5.74) is 4.48. The second-order valence-corrected chi connectivity index (χ2v) is 5.81. The number of rotatable bonds is 3. The number of fused-ring (bicyclic) bond motifs is 1. The molecule has 3 aromatic rings. The molecule has 0 N–H and O–H groups in total. The Labute approximate surface area is 133 Å². The van der Waals surface area contributed by atoms with E-state index in [1.807, 2.05) is 37.3 Å². The highest BCUT2D eigenvalue weighted by atomic mass is 35.5. The molecule has 0 aliphatic carbocycles. The van der Waals surface area contributed by atoms with E-state index >= 15 is 0 Å². The smallest absolute Gasteiger partial charge is 0.158 e. The lowest BCUT2D eigenvalue weighted by molar-refractivity contribution is 0.834. The Morgan fingerprint density at radius 2 is 2.00 bits per heavy atom. The minimum absolute atomic E-state index is 0.404. The van der Waals surface area contributed by atoms with Crippen LogP contribution in [0.1, 0.15) is 24.6 Å². The van der Waals surface area contributed by atoms with Crippen molar-refractivity contribution < 1.29 is 0 Å². The molecule has 0 aliphatic heterocycles. The van der Waals surface area contributed by atoms with Crippen molar-refractivity contribution in [2.45, 2.75) is 26.7 Å². The Balaban J connectivity index is 2.23. The van der Waals surface area contributed by atoms with E-state index in [-0.39, 0.29) is 0 Å². The Morgan fingerprint density at radius 3 is 2.71 bits per heavy atom. The van der Waals surface area contributed by atoms with Crippen LogP contribution >= 0.6 is 23.2 Å². The first-order chi connectivity index (χ1) is 10.1. The number of hydrogen-bond acceptors (Lipinski definition) is 2. The molecule has 0 saturated carbocycles. The van der Waals surface area contributed by atoms with Gasteiger partial charge in [-0.1, -0.05) is 66.4 Å². The second-order valence-electron chi connectivity index (χ2n) is 5.09. The molecule has 2 aromatic heterocycles. The minimum atomic E-state index is 0.404. The summed E-state index contributed by atoms with van der Waals surface area (Å²) >= 11 is 12.9. The van der Waals surface area contributed by atoms with Crippen LogP contribution in [-0.4, -0.2) is 14.6 Å². The Bertz CT molecular complexity index is 809. The highest BCUT2D eigenvalue weighted by molar-refractivity contribution is 6.38. The van der Waals surface area contributed by atoms with Crippen LogP contribution in [0.25, 0.3) is 16.8 Å². The third kappa shape index (κ3) is 2.63. The highest BCUT2D eigenvalue weighted by Crippen LogP contribution is 2.34. The van der Waals surface area contributed by atoms with Crippen molar-refractivity contribution in [1.29, 1.82) is 0 Å². The van der Waals surface area contributed by atoms with Crippen molar-refractivity contribution >= 4 is 28.8 Å². The molecule has 0 radical (unpaired) electrons. The summed E-state index contributed by atoms with van der Waals surface area (Å²) in [7, 11) is 0. The van der Waals surface area contributed by atoms with Crippen LogP contribution in [0.4, 0.5) is 0 Å². The average molecular weight is 320 g/mol. The molecule has 3 rings (SSSR count). The number of aromatic nitrogens is 3. The Morgan fingerprint density at radius 1 is 1.19 bits per heavy atom. The maximum absolute atomic E-state index is 6.52. The quantitative estimate of drug-likeness (QED) is 0.638. The van der Waals surface area contributed by atoms with Crippen molar-refractivity contribution in [2.24, 2.45) is 0 Å². The van der Waals surface area contributed by atoms with E-state index in [0.29, 0.717) is 16.0 Å². The predicted octanol–water partition coefficient (Wildman–Crippen LogP) is 4.96. The topological polar surface area (TPSA) is 30.2 Å². The van der Waals surface area contributed by atoms with Gasteiger partial charge in [-0.25, -0.2) is 9.50 Å². The standard InChI is InChI=1S/C16H15Cl2N3/c1-3-5-12-9-13-19-15(17)14(16(18)21(13)20-12)11-7-4-6-10(2)8-11/h4,6-9H,3,5H2,1-2H3. The number of nitrogens with zero attached hydrogens (tertiary/aromatic N) is 3. The molecule has 0 amide bonds. The summed E-state index contributed by atoms with van der Waals surface area (Å²) in [4.78, 5) is 4.43. The van der Waals surface area contributed by atoms with Gasteiger partial charge >= 0.3 is 0 Å². The molecular formula is C16H15Cl2N3. The van der Waals surface area contributed by atoms with Gasteiger partial charge in [0.2, 0.25) is 0 Å². The first-order valence-corrected chi connectivity index (χ1v) is 7.66. The van der Waals surface area contributed by atoms with Crippen LogP contribution in [0.5, 0.6) is 0 Å². The normalized spacial score (nSPS) is 11.2. The van der Waals surface area contributed by atoms with Gasteiger partial charge in [0.25, 0.3) is 0 Å². The Hall–Kier alpha value is -1.58. The minimum Gasteiger partial charge on any atom is -0.216 e. The predicted molar refractivity (Wildman–Crippen MR) is 87.2 cm³/mol. The molecule has 1 aromatic carbocycles. The summed E-state index contributed by atoms with van der Waals surface area (Å²) in [6.07, 6.45) is 1.93. The van der Waals surface area contributed by atoms with Gasteiger partial charge in [-0.05, 0) is 18.9 Å². The number of aryl methyl sites for hydroxylation is 2. The van der Waals surface area contributed by atoms with Crippen molar-refractivity contribution in [3.8, 4) is 11.1 Å². The van der Waals surface area contributed by atoms with Crippen LogP contribution < -0.4 is 0 Å². The maximum atomic E-state index is 6.52. The number of hydrogen-bond donors (Lipinski definition) is 0. The largest absolute Gasteiger partial charge is 0.216 e. The SMILES string of the molecule is CCCc1cc2nc(Cl)c(-c3cccc(C)c3)c(Cl)n2n1. The highest BCUT2D eigenvalue weighted by Gasteiger charge is 2.16. The van der Waals surface area contributed by atoms with E-state index < -0.39 is 0 Å². The van der Waals surface area contributed by atoms with Gasteiger partial charge in [-0.15, -0.1) is 0 Å². The molecule has 0 unspecified atom stereocenters. The molecule has 0 bridgehead atoms. The van der Waals surface area contributed by atoms with Crippen LogP contribution in [0, 0.1) is 6.92 Å². The fourth-order valence-corrected chi connectivity index (χ4v) is 3.06. The van der Waals surface area contributed by atoms with Crippen LogP contribution in [-0.2, 0) is 6.42 Å². The van der Waals surface area contributed by atoms with E-state index in [1.54, 1.807) is 4.52 Å². The number of benzene rings is 1. The van der Waals surface area contributed by atoms with Crippen molar-refractivity contribution in [3.63, 3.8) is 0 Å². The van der Waals surface area contributed by atoms with E-state index in [1.165, 1.54) is 0 Å². The lowest BCUT2D eigenvalue weighted by Crippen LogP contribution is -1.97. The molecule has 2 heterocycles. The molecule has 108 valence electrons. The fourth-order valence-electron chi connectivity index (χ4n) is 2.41. The molecule has 5 heteroatoms. The van der Waals surface area contributed by atoms with Gasteiger partial charge < -0.3 is 0 Å². The molecule has 3 nitrogen and oxygen atoms in total. The molecule has 0 spiro atoms.